The summed E-state index contributed by atoms with van der Waals surface area (Å²) in [7, 11) is 0. The molecule has 1 amide bonds. The normalized spacial score (nSPS) is 22.8. The van der Waals surface area contributed by atoms with E-state index in [1.807, 2.05) is 12.1 Å². The van der Waals surface area contributed by atoms with Crippen LogP contribution < -0.4 is 15.1 Å². The van der Waals surface area contributed by atoms with E-state index in [9.17, 15) is 9.18 Å². The molecule has 154 valence electrons. The first-order valence-electron chi connectivity index (χ1n) is 10.9. The predicted molar refractivity (Wildman–Crippen MR) is 111 cm³/mol. The maximum absolute atomic E-state index is 13.1. The summed E-state index contributed by atoms with van der Waals surface area (Å²) in [4.78, 5) is 15.6. The van der Waals surface area contributed by atoms with E-state index in [-0.39, 0.29) is 11.7 Å². The standard InChI is InChI=1S/C24H30FN3O/c25-21-8-6-20(7-9-21)17-28(23-10-11-23)18-24(29)26-22-12-14-27(15-13-22)16-19-4-2-1-3-5-19/h1-9,22-23H,10-18H2,(H,26,29)/p+2. The molecule has 3 N–H and O–H groups in total. The van der Waals surface area contributed by atoms with E-state index in [0.717, 1.165) is 44.6 Å². The predicted octanol–water partition coefficient (Wildman–Crippen LogP) is 0.737. The Kier molecular flexibility index (Phi) is 6.57. The Morgan fingerprint density at radius 3 is 2.31 bits per heavy atom. The second-order valence-corrected chi connectivity index (χ2v) is 8.67. The van der Waals surface area contributed by atoms with Crippen molar-refractivity contribution in [2.45, 2.75) is 50.9 Å². The van der Waals surface area contributed by atoms with E-state index in [1.54, 1.807) is 4.90 Å². The average Bonchev–Trinajstić information content (AvgIpc) is 3.57. The van der Waals surface area contributed by atoms with Gasteiger partial charge in [-0.05, 0) is 12.1 Å². The number of halogens is 1. The monoisotopic (exact) mass is 397 g/mol. The number of hydrogen-bond acceptors (Lipinski definition) is 1. The highest BCUT2D eigenvalue weighted by molar-refractivity contribution is 5.77. The molecule has 2 aliphatic rings. The number of nitrogens with one attached hydrogen (secondary N) is 3. The molecule has 1 heterocycles. The summed E-state index contributed by atoms with van der Waals surface area (Å²) in [6, 6.07) is 18.2. The number of amides is 1. The van der Waals surface area contributed by atoms with Crippen molar-refractivity contribution in [1.29, 1.82) is 0 Å². The molecule has 5 heteroatoms. The minimum absolute atomic E-state index is 0.158. The van der Waals surface area contributed by atoms with Crippen LogP contribution in [0.25, 0.3) is 0 Å². The van der Waals surface area contributed by atoms with Gasteiger partial charge in [-0.2, -0.15) is 0 Å². The minimum Gasteiger partial charge on any atom is -0.348 e. The Hall–Kier alpha value is -2.24. The van der Waals surface area contributed by atoms with Gasteiger partial charge in [-0.15, -0.1) is 0 Å². The third kappa shape index (κ3) is 6.12. The summed E-state index contributed by atoms with van der Waals surface area (Å²) in [6.07, 6.45) is 4.46. The SMILES string of the molecule is O=C(C[NH+](Cc1ccc(F)cc1)C1CC1)NC1CC[NH+](Cc2ccccc2)CC1. The fourth-order valence-electron chi connectivity index (χ4n) is 4.42. The fourth-order valence-corrected chi connectivity index (χ4v) is 4.42. The lowest BCUT2D eigenvalue weighted by Gasteiger charge is -2.30. The third-order valence-corrected chi connectivity index (χ3v) is 6.24. The van der Waals surface area contributed by atoms with Crippen LogP contribution in [0.2, 0.25) is 0 Å². The molecule has 4 nitrogen and oxygen atoms in total. The van der Waals surface area contributed by atoms with Crippen molar-refractivity contribution in [1.82, 2.24) is 5.32 Å². The maximum Gasteiger partial charge on any atom is 0.275 e. The molecule has 2 fully saturated rings. The molecular weight excluding hydrogens is 365 g/mol. The van der Waals surface area contributed by atoms with Gasteiger partial charge in [-0.25, -0.2) is 4.39 Å². The topological polar surface area (TPSA) is 38.0 Å². The molecule has 0 aromatic heterocycles. The van der Waals surface area contributed by atoms with Crippen LogP contribution in [0, 0.1) is 5.82 Å². The second-order valence-electron chi connectivity index (χ2n) is 8.67. The van der Waals surface area contributed by atoms with Gasteiger partial charge in [0.15, 0.2) is 6.54 Å². The molecule has 1 unspecified atom stereocenters. The van der Waals surface area contributed by atoms with Crippen molar-refractivity contribution in [3.05, 3.63) is 71.5 Å². The highest BCUT2D eigenvalue weighted by Crippen LogP contribution is 2.16. The molecule has 1 aliphatic carbocycles. The Bertz CT molecular complexity index is 784. The number of hydrogen-bond donors (Lipinski definition) is 3. The van der Waals surface area contributed by atoms with Crippen molar-refractivity contribution < 1.29 is 19.0 Å². The van der Waals surface area contributed by atoms with Crippen LogP contribution >= 0.6 is 0 Å². The van der Waals surface area contributed by atoms with E-state index in [0.29, 0.717) is 18.6 Å². The first kappa shape index (κ1) is 20.0. The summed E-state index contributed by atoms with van der Waals surface area (Å²) in [5, 5.41) is 3.28. The number of carbonyl (C=O) groups is 1. The van der Waals surface area contributed by atoms with Crippen LogP contribution in [0.15, 0.2) is 54.6 Å². The van der Waals surface area contributed by atoms with Crippen molar-refractivity contribution in [3.63, 3.8) is 0 Å². The van der Waals surface area contributed by atoms with Gasteiger partial charge in [0.2, 0.25) is 0 Å². The minimum atomic E-state index is -0.208. The Morgan fingerprint density at radius 2 is 1.66 bits per heavy atom. The zero-order chi connectivity index (χ0) is 20.1. The lowest BCUT2D eigenvalue weighted by molar-refractivity contribution is -0.919. The molecule has 1 saturated carbocycles. The van der Waals surface area contributed by atoms with E-state index in [2.05, 4.69) is 35.6 Å². The molecular formula is C24H32FN3O+2. The van der Waals surface area contributed by atoms with Crippen molar-refractivity contribution >= 4 is 5.91 Å². The van der Waals surface area contributed by atoms with Crippen LogP contribution in [0.3, 0.4) is 0 Å². The summed E-state index contributed by atoms with van der Waals surface area (Å²) in [5.41, 5.74) is 2.48. The number of likely N-dealkylation sites (tertiary alicyclic amines) is 1. The number of rotatable bonds is 8. The fraction of sp³-hybridized carbons (Fsp3) is 0.458. The third-order valence-electron chi connectivity index (χ3n) is 6.24. The van der Waals surface area contributed by atoms with Crippen LogP contribution in [-0.2, 0) is 17.9 Å². The van der Waals surface area contributed by atoms with Gasteiger partial charge in [0, 0.05) is 42.9 Å². The highest BCUT2D eigenvalue weighted by Gasteiger charge is 2.35. The van der Waals surface area contributed by atoms with Crippen LogP contribution in [0.1, 0.15) is 36.8 Å². The number of carbonyl (C=O) groups excluding carboxylic acids is 1. The highest BCUT2D eigenvalue weighted by atomic mass is 19.1. The first-order valence-corrected chi connectivity index (χ1v) is 10.9. The summed E-state index contributed by atoms with van der Waals surface area (Å²) >= 11 is 0. The molecule has 2 aromatic rings. The van der Waals surface area contributed by atoms with Crippen molar-refractivity contribution in [2.75, 3.05) is 19.6 Å². The largest absolute Gasteiger partial charge is 0.348 e. The Labute approximate surface area is 172 Å². The van der Waals surface area contributed by atoms with Gasteiger partial charge < -0.3 is 15.1 Å². The van der Waals surface area contributed by atoms with Crippen molar-refractivity contribution in [2.24, 2.45) is 0 Å². The molecule has 1 saturated heterocycles. The first-order chi connectivity index (χ1) is 14.2. The summed E-state index contributed by atoms with van der Waals surface area (Å²) < 4.78 is 13.1. The molecule has 2 aromatic carbocycles. The second kappa shape index (κ2) is 9.51. The van der Waals surface area contributed by atoms with Gasteiger partial charge in [-0.3, -0.25) is 4.79 Å². The van der Waals surface area contributed by atoms with E-state index in [4.69, 9.17) is 0 Å². The Morgan fingerprint density at radius 1 is 0.966 bits per heavy atom. The van der Waals surface area contributed by atoms with E-state index in [1.165, 1.54) is 35.4 Å². The van der Waals surface area contributed by atoms with Crippen LogP contribution in [0.4, 0.5) is 4.39 Å². The van der Waals surface area contributed by atoms with Gasteiger partial charge >= 0.3 is 0 Å². The lowest BCUT2D eigenvalue weighted by Crippen LogP contribution is -3.13. The van der Waals surface area contributed by atoms with Gasteiger partial charge in [0.1, 0.15) is 18.9 Å². The smallest absolute Gasteiger partial charge is 0.275 e. The van der Waals surface area contributed by atoms with Gasteiger partial charge in [0.25, 0.3) is 5.91 Å². The average molecular weight is 398 g/mol. The summed E-state index contributed by atoms with van der Waals surface area (Å²) in [5.74, 6) is -0.0503. The molecule has 29 heavy (non-hydrogen) atoms. The van der Waals surface area contributed by atoms with E-state index >= 15 is 0 Å². The summed E-state index contributed by atoms with van der Waals surface area (Å²) in [6.45, 7) is 4.58. The maximum atomic E-state index is 13.1. The zero-order valence-electron chi connectivity index (χ0n) is 17.0. The molecule has 0 bridgehead atoms. The van der Waals surface area contributed by atoms with E-state index < -0.39 is 0 Å². The molecule has 4 rings (SSSR count). The van der Waals surface area contributed by atoms with Gasteiger partial charge in [0.05, 0.1) is 19.1 Å². The molecule has 1 atom stereocenters. The quantitative estimate of drug-likeness (QED) is 0.604. The lowest BCUT2D eigenvalue weighted by atomic mass is 10.0. The number of benzene rings is 2. The number of piperidine rings is 1. The molecule has 0 radical (unpaired) electrons. The van der Waals surface area contributed by atoms with Crippen LogP contribution in [0.5, 0.6) is 0 Å². The molecule has 0 spiro atoms. The van der Waals surface area contributed by atoms with Crippen molar-refractivity contribution in [3.8, 4) is 0 Å². The number of quaternary nitrogens is 2. The van der Waals surface area contributed by atoms with Gasteiger partial charge in [-0.1, -0.05) is 42.5 Å². The zero-order valence-corrected chi connectivity index (χ0v) is 17.0. The Balaban J connectivity index is 1.22. The van der Waals surface area contributed by atoms with Crippen LogP contribution in [-0.4, -0.2) is 37.6 Å². The molecule has 1 aliphatic heterocycles.